The highest BCUT2D eigenvalue weighted by atomic mass is 16.2. The molecule has 40 heavy (non-hydrogen) atoms. The van der Waals surface area contributed by atoms with Crippen LogP contribution < -0.4 is 21.3 Å². The molecular weight excluding hydrogens is 516 g/mol. The van der Waals surface area contributed by atoms with Crippen LogP contribution in [-0.4, -0.2) is 96.1 Å². The van der Waals surface area contributed by atoms with Gasteiger partial charge in [-0.15, -0.1) is 6.58 Å². The molecule has 2 heterocycles. The molecule has 3 atom stereocenters. The summed E-state index contributed by atoms with van der Waals surface area (Å²) in [6.45, 7) is 13.9. The topological polar surface area (TPSA) is 157 Å². The first-order chi connectivity index (χ1) is 18.8. The molecule has 0 aromatic rings. The van der Waals surface area contributed by atoms with Crippen molar-refractivity contribution in [3.63, 3.8) is 0 Å². The van der Waals surface area contributed by atoms with Gasteiger partial charge in [0.1, 0.15) is 12.1 Å². The van der Waals surface area contributed by atoms with Gasteiger partial charge < -0.3 is 31.1 Å². The highest BCUT2D eigenvalue weighted by Gasteiger charge is 2.42. The number of likely N-dealkylation sites (tertiary alicyclic amines) is 2. The van der Waals surface area contributed by atoms with Gasteiger partial charge in [0.15, 0.2) is 0 Å². The molecule has 0 saturated carbocycles. The quantitative estimate of drug-likeness (QED) is 0.203. The number of hydrogen-bond acceptors (Lipinski definition) is 6. The molecule has 2 aliphatic heterocycles. The Hall–Kier alpha value is -3.44. The molecule has 224 valence electrons. The van der Waals surface area contributed by atoms with E-state index >= 15 is 0 Å². The molecule has 2 aliphatic rings. The van der Waals surface area contributed by atoms with E-state index in [0.29, 0.717) is 38.9 Å². The molecule has 0 bridgehead atoms. The van der Waals surface area contributed by atoms with Crippen molar-refractivity contribution >= 4 is 35.4 Å². The summed E-state index contributed by atoms with van der Waals surface area (Å²) in [6, 6.07) is -2.58. The molecule has 0 aromatic carbocycles. The molecule has 0 unspecified atom stereocenters. The zero-order chi connectivity index (χ0) is 30.0. The minimum atomic E-state index is -0.934. The summed E-state index contributed by atoms with van der Waals surface area (Å²) < 4.78 is 0. The first-order valence-electron chi connectivity index (χ1n) is 14.1. The van der Waals surface area contributed by atoms with Gasteiger partial charge in [0, 0.05) is 32.6 Å². The third-order valence-corrected chi connectivity index (χ3v) is 7.27. The number of ketones is 1. The largest absolute Gasteiger partial charge is 0.347 e. The summed E-state index contributed by atoms with van der Waals surface area (Å²) in [6.07, 6.45) is 4.74. The lowest BCUT2D eigenvalue weighted by Gasteiger charge is -2.36. The van der Waals surface area contributed by atoms with E-state index in [1.54, 1.807) is 4.90 Å². The Labute approximate surface area is 237 Å². The van der Waals surface area contributed by atoms with Gasteiger partial charge in [-0.25, -0.2) is 4.79 Å². The van der Waals surface area contributed by atoms with Crippen LogP contribution in [0.1, 0.15) is 66.7 Å². The van der Waals surface area contributed by atoms with Crippen LogP contribution in [0.2, 0.25) is 0 Å². The molecule has 2 rings (SSSR count). The standard InChI is InChI=1S/C28H46N6O6/c1-7-13-29-25(38)21(35)16-30-24(37)20-11-10-15-34(20)26(39)23(28(4,5)6)32-27(40)31-19(18(2)3)17-33-14-9-8-12-22(33)36/h7,18-20,23H,1,8-17H2,2-6H3,(H,29,38)(H,30,37)(H2,31,32,40)/t19-,20+,23-/m1/s1. The molecule has 2 fully saturated rings. The Kier molecular flexibility index (Phi) is 12.1. The molecule has 12 nitrogen and oxygen atoms in total. The number of amides is 6. The Morgan fingerprint density at radius 2 is 1.73 bits per heavy atom. The van der Waals surface area contributed by atoms with Crippen LogP contribution in [0.3, 0.4) is 0 Å². The first kappa shape index (κ1) is 32.8. The summed E-state index contributed by atoms with van der Waals surface area (Å²) >= 11 is 0. The first-order valence-corrected chi connectivity index (χ1v) is 14.1. The predicted octanol–water partition coefficient (Wildman–Crippen LogP) is 0.716. The summed E-state index contributed by atoms with van der Waals surface area (Å²) in [5.41, 5.74) is -0.673. The monoisotopic (exact) mass is 562 g/mol. The van der Waals surface area contributed by atoms with Gasteiger partial charge >= 0.3 is 6.03 Å². The second-order valence-corrected chi connectivity index (χ2v) is 11.9. The number of carbonyl (C=O) groups is 6. The highest BCUT2D eigenvalue weighted by molar-refractivity contribution is 6.37. The lowest BCUT2D eigenvalue weighted by molar-refractivity contribution is -0.142. The Bertz CT molecular complexity index is 975. The zero-order valence-electron chi connectivity index (χ0n) is 24.5. The minimum Gasteiger partial charge on any atom is -0.347 e. The van der Waals surface area contributed by atoms with Gasteiger partial charge in [0.2, 0.25) is 23.5 Å². The van der Waals surface area contributed by atoms with Gasteiger partial charge in [0.05, 0.1) is 12.6 Å². The van der Waals surface area contributed by atoms with E-state index in [0.717, 1.165) is 12.8 Å². The number of Topliss-reactive ketones (excluding diaryl/α,β-unsaturated/α-hetero) is 1. The van der Waals surface area contributed by atoms with Gasteiger partial charge in [-0.2, -0.15) is 0 Å². The normalized spacial score (nSPS) is 19.1. The van der Waals surface area contributed by atoms with Crippen molar-refractivity contribution in [2.24, 2.45) is 11.3 Å². The molecule has 0 radical (unpaired) electrons. The van der Waals surface area contributed by atoms with Crippen molar-refractivity contribution in [3.8, 4) is 0 Å². The van der Waals surface area contributed by atoms with Crippen molar-refractivity contribution in [3.05, 3.63) is 12.7 Å². The average Bonchev–Trinajstić information content (AvgIpc) is 3.38. The number of carbonyl (C=O) groups excluding carboxylic acids is 6. The Morgan fingerprint density at radius 3 is 2.33 bits per heavy atom. The van der Waals surface area contributed by atoms with Gasteiger partial charge in [-0.05, 0) is 37.0 Å². The second kappa shape index (κ2) is 14.8. The predicted molar refractivity (Wildman–Crippen MR) is 150 cm³/mol. The van der Waals surface area contributed by atoms with Crippen molar-refractivity contribution in [2.45, 2.75) is 84.8 Å². The molecule has 2 saturated heterocycles. The molecule has 0 aliphatic carbocycles. The molecule has 0 spiro atoms. The lowest BCUT2D eigenvalue weighted by atomic mass is 9.85. The lowest BCUT2D eigenvalue weighted by Crippen LogP contribution is -2.61. The fourth-order valence-corrected chi connectivity index (χ4v) is 4.80. The van der Waals surface area contributed by atoms with Crippen molar-refractivity contribution in [1.29, 1.82) is 0 Å². The number of hydrogen-bond donors (Lipinski definition) is 4. The van der Waals surface area contributed by atoms with Crippen molar-refractivity contribution < 1.29 is 28.8 Å². The molecule has 12 heteroatoms. The van der Waals surface area contributed by atoms with Crippen LogP contribution in [0.4, 0.5) is 4.79 Å². The number of piperidine rings is 1. The third-order valence-electron chi connectivity index (χ3n) is 7.27. The highest BCUT2D eigenvalue weighted by Crippen LogP contribution is 2.26. The van der Waals surface area contributed by atoms with E-state index in [4.69, 9.17) is 0 Å². The average molecular weight is 563 g/mol. The van der Waals surface area contributed by atoms with E-state index in [1.807, 2.05) is 34.6 Å². The van der Waals surface area contributed by atoms with Gasteiger partial charge in [-0.3, -0.25) is 24.0 Å². The fraction of sp³-hybridized carbons (Fsp3) is 0.714. The smallest absolute Gasteiger partial charge is 0.315 e. The Balaban J connectivity index is 2.05. The SMILES string of the molecule is C=CCNC(=O)C(=O)CNC(=O)[C@@H]1CCCN1C(=O)[C@@H](NC(=O)N[C@H](CN1CCCCC1=O)C(C)C)C(C)(C)C. The van der Waals surface area contributed by atoms with Gasteiger partial charge in [0.25, 0.3) is 5.91 Å². The van der Waals surface area contributed by atoms with Crippen LogP contribution in [-0.2, 0) is 24.0 Å². The number of urea groups is 1. The van der Waals surface area contributed by atoms with Crippen LogP contribution in [0, 0.1) is 11.3 Å². The summed E-state index contributed by atoms with van der Waals surface area (Å²) in [5.74, 6) is -2.42. The molecular formula is C28H46N6O6. The van der Waals surface area contributed by atoms with Crippen LogP contribution in [0.5, 0.6) is 0 Å². The maximum Gasteiger partial charge on any atom is 0.315 e. The zero-order valence-corrected chi connectivity index (χ0v) is 24.5. The second-order valence-electron chi connectivity index (χ2n) is 11.9. The van der Waals surface area contributed by atoms with Crippen LogP contribution >= 0.6 is 0 Å². The summed E-state index contributed by atoms with van der Waals surface area (Å²) in [7, 11) is 0. The van der Waals surface area contributed by atoms with Crippen LogP contribution in [0.15, 0.2) is 12.7 Å². The minimum absolute atomic E-state index is 0.0532. The van der Waals surface area contributed by atoms with Crippen molar-refractivity contribution in [1.82, 2.24) is 31.1 Å². The van der Waals surface area contributed by atoms with Gasteiger partial charge in [-0.1, -0.05) is 40.7 Å². The van der Waals surface area contributed by atoms with E-state index in [1.165, 1.54) is 11.0 Å². The summed E-state index contributed by atoms with van der Waals surface area (Å²) in [4.78, 5) is 79.0. The maximum atomic E-state index is 13.7. The van der Waals surface area contributed by atoms with E-state index in [9.17, 15) is 28.8 Å². The van der Waals surface area contributed by atoms with E-state index in [2.05, 4.69) is 27.8 Å². The van der Waals surface area contributed by atoms with Crippen LogP contribution in [0.25, 0.3) is 0 Å². The number of nitrogens with one attached hydrogen (secondary N) is 4. The molecule has 4 N–H and O–H groups in total. The Morgan fingerprint density at radius 1 is 1.02 bits per heavy atom. The molecule has 6 amide bonds. The summed E-state index contributed by atoms with van der Waals surface area (Å²) in [5, 5.41) is 10.6. The van der Waals surface area contributed by atoms with Crippen molar-refractivity contribution in [2.75, 3.05) is 32.7 Å². The maximum absolute atomic E-state index is 13.7. The molecule has 0 aromatic heterocycles. The number of nitrogens with zero attached hydrogens (tertiary/aromatic N) is 2. The van der Waals surface area contributed by atoms with E-state index < -0.39 is 53.6 Å². The third kappa shape index (κ3) is 9.34. The fourth-order valence-electron chi connectivity index (χ4n) is 4.80. The number of rotatable bonds is 12. The van der Waals surface area contributed by atoms with E-state index in [-0.39, 0.29) is 24.4 Å².